The van der Waals surface area contributed by atoms with Gasteiger partial charge in [-0.2, -0.15) is 0 Å². The van der Waals surface area contributed by atoms with Crippen molar-refractivity contribution in [3.05, 3.63) is 0 Å². The zero-order valence-electron chi connectivity index (χ0n) is 14.8. The van der Waals surface area contributed by atoms with Gasteiger partial charge in [-0.25, -0.2) is 0 Å². The van der Waals surface area contributed by atoms with Crippen molar-refractivity contribution in [3.63, 3.8) is 0 Å². The van der Waals surface area contributed by atoms with Gasteiger partial charge in [-0.3, -0.25) is 4.90 Å². The second-order valence-corrected chi connectivity index (χ2v) is 7.85. The molecule has 0 aromatic carbocycles. The van der Waals surface area contributed by atoms with Crippen molar-refractivity contribution >= 4 is 0 Å². The summed E-state index contributed by atoms with van der Waals surface area (Å²) in [7, 11) is 0. The fraction of sp³-hybridized carbons (Fsp3) is 1.00. The first-order chi connectivity index (χ1) is 9.40. The van der Waals surface area contributed by atoms with E-state index in [4.69, 9.17) is 0 Å². The zero-order chi connectivity index (χ0) is 15.1. The van der Waals surface area contributed by atoms with Gasteiger partial charge in [-0.15, -0.1) is 0 Å². The molecule has 0 spiro atoms. The number of nitrogens with one attached hydrogen (secondary N) is 1. The standard InChI is InChI=1S/C18H38N2/c1-14(2)11-18(12-15(3)4)20(16(5)6)13-17-9-7-8-10-19-17/h14-19H,7-13H2,1-6H3. The van der Waals surface area contributed by atoms with Crippen LogP contribution in [0.5, 0.6) is 0 Å². The molecule has 20 heavy (non-hydrogen) atoms. The predicted octanol–water partition coefficient (Wildman–Crippen LogP) is 4.30. The van der Waals surface area contributed by atoms with Crippen molar-refractivity contribution in [2.24, 2.45) is 11.8 Å². The van der Waals surface area contributed by atoms with Crippen LogP contribution in [-0.2, 0) is 0 Å². The van der Waals surface area contributed by atoms with Gasteiger partial charge in [0.25, 0.3) is 0 Å². The summed E-state index contributed by atoms with van der Waals surface area (Å²) in [6.07, 6.45) is 6.80. The van der Waals surface area contributed by atoms with Gasteiger partial charge in [0.2, 0.25) is 0 Å². The Hall–Kier alpha value is -0.0800. The highest BCUT2D eigenvalue weighted by atomic mass is 15.2. The van der Waals surface area contributed by atoms with Gasteiger partial charge in [0.05, 0.1) is 0 Å². The first kappa shape index (κ1) is 18.0. The smallest absolute Gasteiger partial charge is 0.0195 e. The lowest BCUT2D eigenvalue weighted by atomic mass is 9.92. The van der Waals surface area contributed by atoms with E-state index >= 15 is 0 Å². The molecule has 0 amide bonds. The first-order valence-electron chi connectivity index (χ1n) is 8.89. The highest BCUT2D eigenvalue weighted by Crippen LogP contribution is 2.22. The molecule has 0 radical (unpaired) electrons. The zero-order valence-corrected chi connectivity index (χ0v) is 14.8. The van der Waals surface area contributed by atoms with E-state index in [1.54, 1.807) is 0 Å². The third kappa shape index (κ3) is 6.58. The Bertz CT molecular complexity index is 232. The summed E-state index contributed by atoms with van der Waals surface area (Å²) in [4.78, 5) is 2.78. The maximum absolute atomic E-state index is 3.72. The van der Waals surface area contributed by atoms with Crippen LogP contribution in [0.4, 0.5) is 0 Å². The number of piperidine rings is 1. The van der Waals surface area contributed by atoms with E-state index in [-0.39, 0.29) is 0 Å². The predicted molar refractivity (Wildman–Crippen MR) is 90.2 cm³/mol. The minimum absolute atomic E-state index is 0.654. The molecule has 0 saturated carbocycles. The van der Waals surface area contributed by atoms with Crippen molar-refractivity contribution < 1.29 is 0 Å². The van der Waals surface area contributed by atoms with Crippen molar-refractivity contribution in [3.8, 4) is 0 Å². The van der Waals surface area contributed by atoms with E-state index in [0.717, 1.165) is 17.9 Å². The van der Waals surface area contributed by atoms with Crippen LogP contribution in [0.3, 0.4) is 0 Å². The Kier molecular flexibility index (Phi) is 8.13. The third-order valence-electron chi connectivity index (χ3n) is 4.46. The second-order valence-electron chi connectivity index (χ2n) is 7.85. The van der Waals surface area contributed by atoms with Gasteiger partial charge in [-0.05, 0) is 57.9 Å². The topological polar surface area (TPSA) is 15.3 Å². The van der Waals surface area contributed by atoms with Crippen LogP contribution in [-0.4, -0.2) is 36.1 Å². The molecule has 120 valence electrons. The number of hydrogen-bond acceptors (Lipinski definition) is 2. The molecule has 1 unspecified atom stereocenters. The van der Waals surface area contributed by atoms with Gasteiger partial charge < -0.3 is 5.32 Å². The molecule has 1 aliphatic rings. The van der Waals surface area contributed by atoms with Crippen molar-refractivity contribution in [1.82, 2.24) is 10.2 Å². The molecule has 1 rings (SSSR count). The van der Waals surface area contributed by atoms with Crippen LogP contribution in [0.25, 0.3) is 0 Å². The van der Waals surface area contributed by atoms with E-state index in [1.807, 2.05) is 0 Å². The van der Waals surface area contributed by atoms with Crippen LogP contribution in [0, 0.1) is 11.8 Å². The lowest BCUT2D eigenvalue weighted by Crippen LogP contribution is -2.50. The van der Waals surface area contributed by atoms with Gasteiger partial charge in [0, 0.05) is 24.7 Å². The average molecular weight is 283 g/mol. The summed E-state index contributed by atoms with van der Waals surface area (Å²) < 4.78 is 0. The maximum Gasteiger partial charge on any atom is 0.0195 e. The van der Waals surface area contributed by atoms with Crippen LogP contribution in [0.15, 0.2) is 0 Å². The molecule has 2 heteroatoms. The van der Waals surface area contributed by atoms with E-state index in [2.05, 4.69) is 51.8 Å². The molecule has 1 saturated heterocycles. The average Bonchev–Trinajstić information content (AvgIpc) is 2.35. The van der Waals surface area contributed by atoms with Crippen LogP contribution in [0.1, 0.15) is 73.6 Å². The van der Waals surface area contributed by atoms with Crippen LogP contribution >= 0.6 is 0 Å². The highest BCUT2D eigenvalue weighted by Gasteiger charge is 2.26. The molecule has 0 aromatic rings. The lowest BCUT2D eigenvalue weighted by molar-refractivity contribution is 0.0987. The van der Waals surface area contributed by atoms with Crippen molar-refractivity contribution in [2.45, 2.75) is 91.8 Å². The molecule has 0 aromatic heterocycles. The molecule has 1 heterocycles. The molecule has 1 aliphatic heterocycles. The van der Waals surface area contributed by atoms with Crippen LogP contribution < -0.4 is 5.32 Å². The van der Waals surface area contributed by atoms with E-state index in [0.29, 0.717) is 12.1 Å². The number of rotatable bonds is 8. The van der Waals surface area contributed by atoms with Gasteiger partial charge in [0.15, 0.2) is 0 Å². The molecule has 0 bridgehead atoms. The number of hydrogen-bond donors (Lipinski definition) is 1. The molecule has 2 nitrogen and oxygen atoms in total. The quantitative estimate of drug-likeness (QED) is 0.714. The molecular weight excluding hydrogens is 244 g/mol. The first-order valence-corrected chi connectivity index (χ1v) is 8.89. The summed E-state index contributed by atoms with van der Waals surface area (Å²) in [5.41, 5.74) is 0. The van der Waals surface area contributed by atoms with Gasteiger partial charge >= 0.3 is 0 Å². The SMILES string of the molecule is CC(C)CC(CC(C)C)N(CC1CCCCN1)C(C)C. The summed E-state index contributed by atoms with van der Waals surface area (Å²) in [5, 5.41) is 3.72. The Balaban J connectivity index is 2.66. The van der Waals surface area contributed by atoms with Crippen molar-refractivity contribution in [1.29, 1.82) is 0 Å². The Morgan fingerprint density at radius 3 is 1.95 bits per heavy atom. The van der Waals surface area contributed by atoms with Crippen LogP contribution in [0.2, 0.25) is 0 Å². The second kappa shape index (κ2) is 9.04. The minimum atomic E-state index is 0.654. The minimum Gasteiger partial charge on any atom is -0.313 e. The third-order valence-corrected chi connectivity index (χ3v) is 4.46. The summed E-state index contributed by atoms with van der Waals surface area (Å²) in [6, 6.07) is 2.12. The fourth-order valence-electron chi connectivity index (χ4n) is 3.57. The lowest BCUT2D eigenvalue weighted by Gasteiger charge is -2.40. The summed E-state index contributed by atoms with van der Waals surface area (Å²) in [6.45, 7) is 16.7. The molecular formula is C18H38N2. The molecule has 1 fully saturated rings. The maximum atomic E-state index is 3.72. The van der Waals surface area contributed by atoms with E-state index < -0.39 is 0 Å². The largest absolute Gasteiger partial charge is 0.313 e. The fourth-order valence-corrected chi connectivity index (χ4v) is 3.57. The molecule has 1 atom stereocenters. The Morgan fingerprint density at radius 1 is 0.950 bits per heavy atom. The summed E-state index contributed by atoms with van der Waals surface area (Å²) in [5.74, 6) is 1.58. The van der Waals surface area contributed by atoms with Gasteiger partial charge in [-0.1, -0.05) is 34.1 Å². The van der Waals surface area contributed by atoms with Gasteiger partial charge in [0.1, 0.15) is 0 Å². The Morgan fingerprint density at radius 2 is 1.55 bits per heavy atom. The normalized spacial score (nSPS) is 20.9. The highest BCUT2D eigenvalue weighted by molar-refractivity contribution is 4.83. The Labute approximate surface area is 127 Å². The monoisotopic (exact) mass is 282 g/mol. The number of nitrogens with zero attached hydrogens (tertiary/aromatic N) is 1. The molecule has 0 aliphatic carbocycles. The molecule has 1 N–H and O–H groups in total. The van der Waals surface area contributed by atoms with Crippen molar-refractivity contribution in [2.75, 3.05) is 13.1 Å². The summed E-state index contributed by atoms with van der Waals surface area (Å²) >= 11 is 0. The van der Waals surface area contributed by atoms with E-state index in [9.17, 15) is 0 Å². The van der Waals surface area contributed by atoms with E-state index in [1.165, 1.54) is 45.2 Å².